The molecule has 0 bridgehead atoms. The number of nitrogens with one attached hydrogen (secondary N) is 2. The average Bonchev–Trinajstić information content (AvgIpc) is 2.88. The smallest absolute Gasteiger partial charge is 0.237 e. The lowest BCUT2D eigenvalue weighted by atomic mass is 9.87. The molecule has 0 spiro atoms. The maximum Gasteiger partial charge on any atom is 0.237 e. The number of nitrogens with zero attached hydrogens (tertiary/aromatic N) is 4. The van der Waals surface area contributed by atoms with Crippen molar-refractivity contribution in [2.45, 2.75) is 52.6 Å². The maximum absolute atomic E-state index is 11.7. The van der Waals surface area contributed by atoms with E-state index in [0.717, 1.165) is 0 Å². The molecule has 0 radical (unpaired) electrons. The van der Waals surface area contributed by atoms with E-state index in [2.05, 4.69) is 39.9 Å². The Labute approximate surface area is 119 Å². The van der Waals surface area contributed by atoms with Crippen LogP contribution in [0.3, 0.4) is 0 Å². The van der Waals surface area contributed by atoms with Crippen molar-refractivity contribution in [3.05, 3.63) is 5.82 Å². The summed E-state index contributed by atoms with van der Waals surface area (Å²) in [6.45, 7) is 11.6. The predicted molar refractivity (Wildman–Crippen MR) is 75.1 cm³/mol. The Bertz CT molecular complexity index is 487. The molecule has 1 unspecified atom stereocenters. The summed E-state index contributed by atoms with van der Waals surface area (Å²) in [5.74, 6) is 0.768. The molecule has 112 valence electrons. The normalized spacial score (nSPS) is 22.1. The molecule has 1 aliphatic heterocycles. The largest absolute Gasteiger partial charge is 0.354 e. The molecular weight excluding hydrogens is 256 g/mol. The van der Waals surface area contributed by atoms with Crippen molar-refractivity contribution in [2.24, 2.45) is 5.41 Å². The summed E-state index contributed by atoms with van der Waals surface area (Å²) < 4.78 is 0. The third-order valence-electron chi connectivity index (χ3n) is 3.51. The Balaban J connectivity index is 1.87. The molecule has 7 nitrogen and oxygen atoms in total. The summed E-state index contributed by atoms with van der Waals surface area (Å²) >= 11 is 0. The fourth-order valence-electron chi connectivity index (χ4n) is 2.20. The highest BCUT2D eigenvalue weighted by Crippen LogP contribution is 2.24. The number of hydrogen-bond acceptors (Lipinski definition) is 5. The molecule has 1 atom stereocenters. The first-order valence-electron chi connectivity index (χ1n) is 7.01. The molecule has 0 aromatic carbocycles. The van der Waals surface area contributed by atoms with E-state index in [1.165, 1.54) is 0 Å². The van der Waals surface area contributed by atoms with Crippen molar-refractivity contribution in [2.75, 3.05) is 13.1 Å². The van der Waals surface area contributed by atoms with Gasteiger partial charge in [-0.15, -0.1) is 10.2 Å². The van der Waals surface area contributed by atoms with Crippen LogP contribution < -0.4 is 10.6 Å². The van der Waals surface area contributed by atoms with E-state index in [0.29, 0.717) is 25.3 Å². The zero-order chi connectivity index (χ0) is 15.0. The van der Waals surface area contributed by atoms with Crippen LogP contribution in [0.2, 0.25) is 0 Å². The van der Waals surface area contributed by atoms with Gasteiger partial charge in [-0.3, -0.25) is 4.79 Å². The topological polar surface area (TPSA) is 84.7 Å². The average molecular weight is 280 g/mol. The predicted octanol–water partition coefficient (Wildman–Crippen LogP) is 0.0848. The summed E-state index contributed by atoms with van der Waals surface area (Å²) in [5.41, 5.74) is -0.223. The second-order valence-corrected chi connectivity index (χ2v) is 7.01. The van der Waals surface area contributed by atoms with Crippen LogP contribution in [-0.2, 0) is 16.8 Å². The molecule has 20 heavy (non-hydrogen) atoms. The molecule has 1 aliphatic rings. The van der Waals surface area contributed by atoms with Gasteiger partial charge in [-0.25, -0.2) is 0 Å². The minimum atomic E-state index is -0.161. The number of hydrogen-bond donors (Lipinski definition) is 2. The fourth-order valence-corrected chi connectivity index (χ4v) is 2.20. The highest BCUT2D eigenvalue weighted by atomic mass is 16.2. The Morgan fingerprint density at radius 2 is 2.15 bits per heavy atom. The highest BCUT2D eigenvalue weighted by molar-refractivity contribution is 5.85. The van der Waals surface area contributed by atoms with Gasteiger partial charge in [0.1, 0.15) is 0 Å². The van der Waals surface area contributed by atoms with Crippen LogP contribution in [0.1, 0.15) is 40.4 Å². The number of rotatable bonds is 4. The van der Waals surface area contributed by atoms with Crippen molar-refractivity contribution in [1.82, 2.24) is 30.8 Å². The first kappa shape index (κ1) is 14.9. The number of tetrazole rings is 1. The fraction of sp³-hybridized carbons (Fsp3) is 0.846. The van der Waals surface area contributed by atoms with Crippen molar-refractivity contribution >= 4 is 5.91 Å². The van der Waals surface area contributed by atoms with E-state index in [9.17, 15) is 4.79 Å². The summed E-state index contributed by atoms with van der Waals surface area (Å²) in [4.78, 5) is 13.4. The third-order valence-corrected chi connectivity index (χ3v) is 3.51. The molecule has 1 saturated heterocycles. The van der Waals surface area contributed by atoms with Crippen molar-refractivity contribution in [3.8, 4) is 0 Å². The van der Waals surface area contributed by atoms with Gasteiger partial charge in [0.25, 0.3) is 0 Å². The molecule has 2 rings (SSSR count). The van der Waals surface area contributed by atoms with E-state index in [1.54, 1.807) is 4.80 Å². The number of aromatic nitrogens is 4. The minimum Gasteiger partial charge on any atom is -0.354 e. The summed E-state index contributed by atoms with van der Waals surface area (Å²) in [5, 5.41) is 18.6. The second-order valence-electron chi connectivity index (χ2n) is 7.01. The lowest BCUT2D eigenvalue weighted by Gasteiger charge is -2.24. The van der Waals surface area contributed by atoms with Crippen LogP contribution in [0.4, 0.5) is 0 Å². The zero-order valence-corrected chi connectivity index (χ0v) is 12.9. The minimum absolute atomic E-state index is 0.0620. The molecule has 2 heterocycles. The first-order valence-corrected chi connectivity index (χ1v) is 7.01. The van der Waals surface area contributed by atoms with E-state index in [1.807, 2.05) is 20.8 Å². The van der Waals surface area contributed by atoms with Crippen LogP contribution in [0.15, 0.2) is 0 Å². The molecule has 1 aromatic rings. The summed E-state index contributed by atoms with van der Waals surface area (Å²) in [6.07, 6.45) is 0.663. The van der Waals surface area contributed by atoms with Gasteiger partial charge in [0.05, 0.1) is 11.6 Å². The van der Waals surface area contributed by atoms with E-state index < -0.39 is 0 Å². The van der Waals surface area contributed by atoms with E-state index >= 15 is 0 Å². The van der Waals surface area contributed by atoms with Gasteiger partial charge in [0.15, 0.2) is 5.82 Å². The number of carbonyl (C=O) groups excluding carboxylic acids is 1. The zero-order valence-electron chi connectivity index (χ0n) is 12.9. The van der Waals surface area contributed by atoms with Gasteiger partial charge in [-0.2, -0.15) is 4.80 Å². The van der Waals surface area contributed by atoms with Crippen LogP contribution in [0.25, 0.3) is 0 Å². The van der Waals surface area contributed by atoms with Crippen LogP contribution >= 0.6 is 0 Å². The number of carbonyl (C=O) groups is 1. The molecule has 1 aromatic heterocycles. The molecule has 1 fully saturated rings. The van der Waals surface area contributed by atoms with Crippen LogP contribution in [0.5, 0.6) is 0 Å². The van der Waals surface area contributed by atoms with Gasteiger partial charge in [-0.1, -0.05) is 13.8 Å². The Morgan fingerprint density at radius 3 is 2.65 bits per heavy atom. The Morgan fingerprint density at radius 1 is 1.45 bits per heavy atom. The summed E-state index contributed by atoms with van der Waals surface area (Å²) in [6, 6.07) is -0.153. The summed E-state index contributed by atoms with van der Waals surface area (Å²) in [7, 11) is 0. The van der Waals surface area contributed by atoms with Gasteiger partial charge >= 0.3 is 0 Å². The van der Waals surface area contributed by atoms with Crippen LogP contribution in [0, 0.1) is 5.41 Å². The monoisotopic (exact) mass is 280 g/mol. The quantitative estimate of drug-likeness (QED) is 0.816. The van der Waals surface area contributed by atoms with Gasteiger partial charge in [0.2, 0.25) is 5.91 Å². The molecule has 0 saturated carbocycles. The Kier molecular flexibility index (Phi) is 3.82. The van der Waals surface area contributed by atoms with Crippen molar-refractivity contribution in [1.29, 1.82) is 0 Å². The lowest BCUT2D eigenvalue weighted by Crippen LogP contribution is -2.44. The SMILES string of the molecule is CC1(C)CNC(=O)C1NCCc1nnn(C(C)(C)C)n1. The standard InChI is InChI=1S/C13H24N6O/c1-12(2,3)19-17-9(16-18-19)6-7-14-10-11(20)15-8-13(10,4)5/h10,14H,6-8H2,1-5H3,(H,15,20). The molecular formula is C13H24N6O. The Hall–Kier alpha value is -1.50. The van der Waals surface area contributed by atoms with Crippen molar-refractivity contribution in [3.63, 3.8) is 0 Å². The highest BCUT2D eigenvalue weighted by Gasteiger charge is 2.40. The molecule has 7 heteroatoms. The van der Waals surface area contributed by atoms with Crippen LogP contribution in [-0.4, -0.2) is 45.2 Å². The van der Waals surface area contributed by atoms with Gasteiger partial charge in [0, 0.05) is 24.9 Å². The number of amides is 1. The van der Waals surface area contributed by atoms with Gasteiger partial charge in [-0.05, 0) is 26.0 Å². The maximum atomic E-state index is 11.7. The lowest BCUT2D eigenvalue weighted by molar-refractivity contribution is -0.121. The first-order chi connectivity index (χ1) is 9.20. The third kappa shape index (κ3) is 3.15. The molecule has 0 aliphatic carbocycles. The van der Waals surface area contributed by atoms with Crippen molar-refractivity contribution < 1.29 is 4.79 Å². The van der Waals surface area contributed by atoms with E-state index in [-0.39, 0.29) is 22.9 Å². The van der Waals surface area contributed by atoms with Gasteiger partial charge < -0.3 is 10.6 Å². The molecule has 1 amide bonds. The second kappa shape index (κ2) is 5.12. The van der Waals surface area contributed by atoms with E-state index in [4.69, 9.17) is 0 Å². The molecule has 2 N–H and O–H groups in total.